The summed E-state index contributed by atoms with van der Waals surface area (Å²) in [6, 6.07) is 4.37. The molecule has 3 aromatic heterocycles. The third-order valence-corrected chi connectivity index (χ3v) is 6.13. The number of pyridine rings is 1. The molecule has 0 aromatic carbocycles. The van der Waals surface area contributed by atoms with Gasteiger partial charge in [0.2, 0.25) is 0 Å². The largest absolute Gasteiger partial charge is 0.357 e. The summed E-state index contributed by atoms with van der Waals surface area (Å²) in [6.07, 6.45) is 12.8. The van der Waals surface area contributed by atoms with E-state index in [4.69, 9.17) is 9.72 Å². The second-order valence-corrected chi connectivity index (χ2v) is 8.96. The number of hydrogen-bond donors (Lipinski definition) is 1. The Morgan fingerprint density at radius 1 is 1.29 bits per heavy atom. The van der Waals surface area contributed by atoms with Crippen molar-refractivity contribution in [3.8, 4) is 11.3 Å². The van der Waals surface area contributed by atoms with Crippen molar-refractivity contribution in [2.45, 2.75) is 57.8 Å². The van der Waals surface area contributed by atoms with Crippen molar-refractivity contribution in [3.05, 3.63) is 36.9 Å². The minimum absolute atomic E-state index is 0.0663. The van der Waals surface area contributed by atoms with Crippen LogP contribution in [0.5, 0.6) is 0 Å². The highest BCUT2D eigenvalue weighted by atomic mass is 16.5. The van der Waals surface area contributed by atoms with Gasteiger partial charge in [-0.3, -0.25) is 4.98 Å². The number of hydrogen-bond acceptors (Lipinski definition) is 4. The quantitative estimate of drug-likeness (QED) is 0.745. The van der Waals surface area contributed by atoms with E-state index >= 15 is 0 Å². The molecule has 2 aliphatic rings. The van der Waals surface area contributed by atoms with Crippen LogP contribution in [-0.2, 0) is 11.3 Å². The minimum atomic E-state index is 0.0663. The summed E-state index contributed by atoms with van der Waals surface area (Å²) in [7, 11) is 0. The van der Waals surface area contributed by atoms with Crippen molar-refractivity contribution in [2.24, 2.45) is 5.92 Å². The van der Waals surface area contributed by atoms with Crippen molar-refractivity contribution >= 4 is 10.9 Å². The number of nitrogens with zero attached hydrogens (tertiary/aromatic N) is 4. The summed E-state index contributed by atoms with van der Waals surface area (Å²) in [4.78, 5) is 4.74. The molecule has 0 radical (unpaired) electrons. The molecule has 0 amide bonds. The van der Waals surface area contributed by atoms with Gasteiger partial charge in [-0.1, -0.05) is 0 Å². The smallest absolute Gasteiger partial charge is 0.150 e. The molecule has 2 aliphatic heterocycles. The molecule has 0 spiro atoms. The van der Waals surface area contributed by atoms with Crippen LogP contribution in [0.15, 0.2) is 36.9 Å². The van der Waals surface area contributed by atoms with E-state index in [0.29, 0.717) is 5.92 Å². The van der Waals surface area contributed by atoms with Crippen LogP contribution < -0.4 is 5.32 Å². The van der Waals surface area contributed by atoms with Crippen LogP contribution in [0.4, 0.5) is 0 Å². The lowest BCUT2D eigenvalue weighted by molar-refractivity contribution is -0.0394. The molecule has 2 unspecified atom stereocenters. The average molecular weight is 380 g/mol. The molecule has 0 bridgehead atoms. The Morgan fingerprint density at radius 3 is 3.00 bits per heavy atom. The summed E-state index contributed by atoms with van der Waals surface area (Å²) in [5.74, 6) is 0.666. The molecule has 2 fully saturated rings. The van der Waals surface area contributed by atoms with Gasteiger partial charge in [0, 0.05) is 48.6 Å². The van der Waals surface area contributed by atoms with Crippen molar-refractivity contribution in [1.82, 2.24) is 24.6 Å². The molecule has 5 rings (SSSR count). The lowest BCUT2D eigenvalue weighted by Crippen LogP contribution is -2.31. The molecular formula is C22H29N5O. The van der Waals surface area contributed by atoms with Crippen LogP contribution in [0.2, 0.25) is 0 Å². The summed E-state index contributed by atoms with van der Waals surface area (Å²) >= 11 is 0. The van der Waals surface area contributed by atoms with Gasteiger partial charge in [0.25, 0.3) is 0 Å². The number of aromatic nitrogens is 4. The van der Waals surface area contributed by atoms with Gasteiger partial charge in [-0.05, 0) is 57.6 Å². The van der Waals surface area contributed by atoms with Crippen molar-refractivity contribution in [2.75, 3.05) is 13.2 Å². The highest BCUT2D eigenvalue weighted by Crippen LogP contribution is 2.28. The first-order chi connectivity index (χ1) is 13.6. The monoisotopic (exact) mass is 379 g/mol. The van der Waals surface area contributed by atoms with Crippen molar-refractivity contribution < 1.29 is 4.74 Å². The number of fused-ring (bicyclic) bond motifs is 1. The third-order valence-electron chi connectivity index (χ3n) is 6.13. The van der Waals surface area contributed by atoms with E-state index in [1.807, 2.05) is 17.1 Å². The van der Waals surface area contributed by atoms with Crippen LogP contribution in [0.1, 0.15) is 45.8 Å². The highest BCUT2D eigenvalue weighted by molar-refractivity contribution is 5.83. The molecule has 3 aromatic rings. The van der Waals surface area contributed by atoms with Gasteiger partial charge in [0.15, 0.2) is 0 Å². The SMILES string of the molecule is CC1(C)CC(Cn2ccc3cc(-c4cnn(C5CCCCO5)c4)ncc32)CN1. The van der Waals surface area contributed by atoms with E-state index in [2.05, 4.69) is 53.4 Å². The van der Waals surface area contributed by atoms with E-state index in [1.54, 1.807) is 0 Å². The Hall–Kier alpha value is -2.18. The second kappa shape index (κ2) is 7.01. The maximum Gasteiger partial charge on any atom is 0.150 e. The van der Waals surface area contributed by atoms with Gasteiger partial charge in [-0.25, -0.2) is 4.68 Å². The number of ether oxygens (including phenoxy) is 1. The first kappa shape index (κ1) is 17.9. The minimum Gasteiger partial charge on any atom is -0.357 e. The van der Waals surface area contributed by atoms with Crippen LogP contribution in [-0.4, -0.2) is 38.0 Å². The molecule has 0 saturated carbocycles. The lowest BCUT2D eigenvalue weighted by Gasteiger charge is -2.22. The normalized spacial score (nSPS) is 24.8. The zero-order chi connectivity index (χ0) is 19.1. The third kappa shape index (κ3) is 3.47. The zero-order valence-corrected chi connectivity index (χ0v) is 16.8. The maximum absolute atomic E-state index is 5.84. The number of nitrogens with one attached hydrogen (secondary N) is 1. The van der Waals surface area contributed by atoms with Gasteiger partial charge >= 0.3 is 0 Å². The highest BCUT2D eigenvalue weighted by Gasteiger charge is 2.30. The fraction of sp³-hybridized carbons (Fsp3) is 0.545. The molecule has 6 nitrogen and oxygen atoms in total. The van der Waals surface area contributed by atoms with E-state index < -0.39 is 0 Å². The summed E-state index contributed by atoms with van der Waals surface area (Å²) in [5, 5.41) is 9.37. The Balaban J connectivity index is 1.35. The Morgan fingerprint density at radius 2 is 2.21 bits per heavy atom. The molecule has 28 heavy (non-hydrogen) atoms. The van der Waals surface area contributed by atoms with Gasteiger partial charge in [0.1, 0.15) is 6.23 Å². The predicted molar refractivity (Wildman–Crippen MR) is 110 cm³/mol. The first-order valence-corrected chi connectivity index (χ1v) is 10.4. The fourth-order valence-electron chi connectivity index (χ4n) is 4.66. The number of rotatable bonds is 4. The maximum atomic E-state index is 5.84. The van der Waals surface area contributed by atoms with Gasteiger partial charge in [-0.15, -0.1) is 0 Å². The van der Waals surface area contributed by atoms with Crippen molar-refractivity contribution in [3.63, 3.8) is 0 Å². The topological polar surface area (TPSA) is 56.9 Å². The first-order valence-electron chi connectivity index (χ1n) is 10.4. The molecule has 0 aliphatic carbocycles. The van der Waals surface area contributed by atoms with Crippen LogP contribution in [0, 0.1) is 5.92 Å². The van der Waals surface area contributed by atoms with Crippen LogP contribution in [0.25, 0.3) is 22.2 Å². The molecule has 6 heteroatoms. The summed E-state index contributed by atoms with van der Waals surface area (Å²) in [6.45, 7) is 7.52. The summed E-state index contributed by atoms with van der Waals surface area (Å²) < 4.78 is 10.1. The predicted octanol–water partition coefficient (Wildman–Crippen LogP) is 3.99. The van der Waals surface area contributed by atoms with Gasteiger partial charge in [0.05, 0.1) is 23.6 Å². The van der Waals surface area contributed by atoms with E-state index in [-0.39, 0.29) is 11.8 Å². The fourth-order valence-corrected chi connectivity index (χ4v) is 4.66. The van der Waals surface area contributed by atoms with E-state index in [0.717, 1.165) is 43.8 Å². The lowest BCUT2D eigenvalue weighted by atomic mass is 9.97. The van der Waals surface area contributed by atoms with Crippen molar-refractivity contribution in [1.29, 1.82) is 0 Å². The van der Waals surface area contributed by atoms with Crippen LogP contribution >= 0.6 is 0 Å². The molecular weight excluding hydrogens is 350 g/mol. The second-order valence-electron chi connectivity index (χ2n) is 8.96. The Kier molecular flexibility index (Phi) is 4.48. The molecule has 2 atom stereocenters. The van der Waals surface area contributed by atoms with E-state index in [1.165, 1.54) is 23.7 Å². The standard InChI is InChI=1S/C22H29N5O/c1-22(2)10-16(11-24-22)14-26-7-6-17-9-19(23-13-20(17)26)18-12-25-27(15-18)21-5-3-4-8-28-21/h6-7,9,12-13,15-16,21,24H,3-5,8,10-11,14H2,1-2H3. The van der Waals surface area contributed by atoms with Gasteiger partial charge < -0.3 is 14.6 Å². The molecule has 5 heterocycles. The zero-order valence-electron chi connectivity index (χ0n) is 16.8. The molecule has 2 saturated heterocycles. The van der Waals surface area contributed by atoms with Gasteiger partial charge in [-0.2, -0.15) is 5.10 Å². The average Bonchev–Trinajstić information content (AvgIpc) is 3.41. The van der Waals surface area contributed by atoms with Crippen LogP contribution in [0.3, 0.4) is 0 Å². The molecule has 1 N–H and O–H groups in total. The molecule has 148 valence electrons. The summed E-state index contributed by atoms with van der Waals surface area (Å²) in [5.41, 5.74) is 3.47. The Labute approximate surface area is 165 Å². The Bertz CT molecular complexity index is 966. The van der Waals surface area contributed by atoms with E-state index in [9.17, 15) is 0 Å².